The van der Waals surface area contributed by atoms with Gasteiger partial charge in [-0.05, 0) is 24.3 Å². The molecule has 0 bridgehead atoms. The number of para-hydroxylation sites is 1. The Bertz CT molecular complexity index is 1180. The first-order valence-corrected chi connectivity index (χ1v) is 10.0. The Morgan fingerprint density at radius 3 is 1.71 bits per heavy atom. The molecular formula is C24H23ClN4O2. The Morgan fingerprint density at radius 1 is 0.774 bits per heavy atom. The Labute approximate surface area is 186 Å². The highest BCUT2D eigenvalue weighted by atomic mass is 35.5. The SMILES string of the molecule is CCC(=O)Nc1ccc2nc3ccc(NC(=O)CC)cc3[n+](-c3ccccc3)c2c1.[Cl-]. The minimum absolute atomic E-state index is 0. The van der Waals surface area contributed by atoms with E-state index < -0.39 is 0 Å². The van der Waals surface area contributed by atoms with E-state index in [0.29, 0.717) is 12.8 Å². The highest BCUT2D eigenvalue weighted by molar-refractivity contribution is 5.95. The molecule has 2 N–H and O–H groups in total. The van der Waals surface area contributed by atoms with E-state index in [1.807, 2.05) is 80.6 Å². The van der Waals surface area contributed by atoms with Gasteiger partial charge in [-0.2, -0.15) is 0 Å². The third kappa shape index (κ3) is 4.64. The highest BCUT2D eigenvalue weighted by Crippen LogP contribution is 2.23. The lowest BCUT2D eigenvalue weighted by molar-refractivity contribution is -0.538. The first kappa shape index (κ1) is 22.2. The molecule has 0 saturated carbocycles. The molecule has 6 nitrogen and oxygen atoms in total. The first-order valence-electron chi connectivity index (χ1n) is 10.0. The van der Waals surface area contributed by atoms with E-state index in [4.69, 9.17) is 4.98 Å². The van der Waals surface area contributed by atoms with Crippen LogP contribution in [0.3, 0.4) is 0 Å². The maximum absolute atomic E-state index is 11.9. The summed E-state index contributed by atoms with van der Waals surface area (Å²) in [6.45, 7) is 3.64. The minimum atomic E-state index is -0.0427. The fourth-order valence-corrected chi connectivity index (χ4v) is 3.36. The average Bonchev–Trinajstić information content (AvgIpc) is 2.78. The molecule has 0 radical (unpaired) electrons. The number of aromatic nitrogens is 2. The number of halogens is 1. The molecule has 0 unspecified atom stereocenters. The Morgan fingerprint density at radius 2 is 1.26 bits per heavy atom. The van der Waals surface area contributed by atoms with Gasteiger partial charge in [0.05, 0.1) is 0 Å². The van der Waals surface area contributed by atoms with Gasteiger partial charge in [-0.3, -0.25) is 9.59 Å². The molecule has 0 atom stereocenters. The highest BCUT2D eigenvalue weighted by Gasteiger charge is 2.20. The maximum Gasteiger partial charge on any atom is 0.239 e. The molecular weight excluding hydrogens is 412 g/mol. The van der Waals surface area contributed by atoms with Crippen LogP contribution in [-0.2, 0) is 9.59 Å². The summed E-state index contributed by atoms with van der Waals surface area (Å²) in [6.07, 6.45) is 0.820. The van der Waals surface area contributed by atoms with Crippen LogP contribution in [0.25, 0.3) is 27.8 Å². The Balaban J connectivity index is 0.00000272. The van der Waals surface area contributed by atoms with Crippen LogP contribution in [0.1, 0.15) is 26.7 Å². The maximum atomic E-state index is 11.9. The number of carbonyl (C=O) groups is 2. The predicted molar refractivity (Wildman–Crippen MR) is 119 cm³/mol. The van der Waals surface area contributed by atoms with Crippen LogP contribution in [0.5, 0.6) is 0 Å². The summed E-state index contributed by atoms with van der Waals surface area (Å²) in [5, 5.41) is 5.84. The number of carbonyl (C=O) groups excluding carboxylic acids is 2. The van der Waals surface area contributed by atoms with Gasteiger partial charge in [-0.1, -0.05) is 32.0 Å². The molecule has 4 aromatic rings. The molecule has 0 spiro atoms. The number of fused-ring (bicyclic) bond motifs is 2. The van der Waals surface area contributed by atoms with Gasteiger partial charge in [0.2, 0.25) is 28.5 Å². The number of hydrogen-bond donors (Lipinski definition) is 2. The molecule has 158 valence electrons. The lowest BCUT2D eigenvalue weighted by Crippen LogP contribution is -3.00. The zero-order chi connectivity index (χ0) is 21.1. The smallest absolute Gasteiger partial charge is 0.239 e. The second kappa shape index (κ2) is 9.53. The summed E-state index contributed by atoms with van der Waals surface area (Å²) in [5.41, 5.74) is 5.75. The van der Waals surface area contributed by atoms with Crippen LogP contribution in [0, 0.1) is 0 Å². The molecule has 0 aliphatic carbocycles. The summed E-state index contributed by atoms with van der Waals surface area (Å²) >= 11 is 0. The van der Waals surface area contributed by atoms with Crippen molar-refractivity contribution in [2.75, 3.05) is 10.6 Å². The molecule has 0 aliphatic rings. The van der Waals surface area contributed by atoms with Crippen molar-refractivity contribution in [3.8, 4) is 5.69 Å². The van der Waals surface area contributed by atoms with E-state index in [-0.39, 0.29) is 24.2 Å². The number of rotatable bonds is 5. The van der Waals surface area contributed by atoms with Crippen LogP contribution in [0.2, 0.25) is 0 Å². The average molecular weight is 435 g/mol. The van der Waals surface area contributed by atoms with Gasteiger partial charge < -0.3 is 23.0 Å². The van der Waals surface area contributed by atoms with Gasteiger partial charge in [-0.15, -0.1) is 4.57 Å². The van der Waals surface area contributed by atoms with Crippen molar-refractivity contribution in [2.24, 2.45) is 0 Å². The lowest BCUT2D eigenvalue weighted by atomic mass is 10.2. The molecule has 31 heavy (non-hydrogen) atoms. The van der Waals surface area contributed by atoms with E-state index in [1.165, 1.54) is 0 Å². The third-order valence-corrected chi connectivity index (χ3v) is 4.90. The van der Waals surface area contributed by atoms with Crippen molar-refractivity contribution in [1.29, 1.82) is 0 Å². The number of benzene rings is 3. The number of anilines is 2. The molecule has 0 fully saturated rings. The van der Waals surface area contributed by atoms with Crippen molar-refractivity contribution in [3.05, 3.63) is 66.7 Å². The second-order valence-electron chi connectivity index (χ2n) is 6.99. The van der Waals surface area contributed by atoms with Gasteiger partial charge in [0, 0.05) is 48.5 Å². The first-order chi connectivity index (χ1) is 14.6. The van der Waals surface area contributed by atoms with Crippen LogP contribution < -0.4 is 27.6 Å². The van der Waals surface area contributed by atoms with Gasteiger partial charge in [0.1, 0.15) is 11.0 Å². The van der Waals surface area contributed by atoms with Crippen molar-refractivity contribution in [2.45, 2.75) is 26.7 Å². The largest absolute Gasteiger partial charge is 1.00 e. The lowest BCUT2D eigenvalue weighted by Gasteiger charge is -2.09. The normalized spacial score (nSPS) is 10.5. The topological polar surface area (TPSA) is 75.0 Å². The number of nitrogens with one attached hydrogen (secondary N) is 2. The standard InChI is InChI=1S/C24H22N4O2.ClH/c1-3-23(29)25-16-10-12-19-21(14-16)28(18-8-6-5-7-9-18)22-15-17(26-24(30)4-2)11-13-20(22)27-19;/h5-15H,3-4H2,1-2H3,(H,25,26,29,30);1H. The molecule has 1 aromatic heterocycles. The molecule has 3 aromatic carbocycles. The predicted octanol–water partition coefficient (Wildman–Crippen LogP) is 1.37. The van der Waals surface area contributed by atoms with Crippen molar-refractivity contribution in [1.82, 2.24) is 4.98 Å². The van der Waals surface area contributed by atoms with Gasteiger partial charge in [0.25, 0.3) is 0 Å². The fourth-order valence-electron chi connectivity index (χ4n) is 3.36. The van der Waals surface area contributed by atoms with Crippen molar-refractivity contribution in [3.63, 3.8) is 0 Å². The number of amides is 2. The monoisotopic (exact) mass is 434 g/mol. The zero-order valence-electron chi connectivity index (χ0n) is 17.4. The van der Waals surface area contributed by atoms with Gasteiger partial charge >= 0.3 is 0 Å². The van der Waals surface area contributed by atoms with E-state index in [0.717, 1.165) is 39.1 Å². The van der Waals surface area contributed by atoms with Crippen LogP contribution >= 0.6 is 0 Å². The summed E-state index contributed by atoms with van der Waals surface area (Å²) in [7, 11) is 0. The fraction of sp³-hybridized carbons (Fsp3) is 0.167. The molecule has 0 saturated heterocycles. The zero-order valence-corrected chi connectivity index (χ0v) is 18.1. The third-order valence-electron chi connectivity index (χ3n) is 4.90. The Hall–Kier alpha value is -3.51. The summed E-state index contributed by atoms with van der Waals surface area (Å²) in [5.74, 6) is -0.0853. The second-order valence-corrected chi connectivity index (χ2v) is 6.99. The van der Waals surface area contributed by atoms with Crippen molar-refractivity contribution >= 4 is 45.3 Å². The number of nitrogens with zero attached hydrogens (tertiary/aromatic N) is 2. The molecule has 2 amide bonds. The van der Waals surface area contributed by atoms with Crippen LogP contribution in [0.15, 0.2) is 66.7 Å². The summed E-state index contributed by atoms with van der Waals surface area (Å²) < 4.78 is 2.10. The summed E-state index contributed by atoms with van der Waals surface area (Å²) in [4.78, 5) is 28.6. The van der Waals surface area contributed by atoms with Crippen molar-refractivity contribution < 1.29 is 26.6 Å². The van der Waals surface area contributed by atoms with Crippen LogP contribution in [-0.4, -0.2) is 16.8 Å². The van der Waals surface area contributed by atoms with E-state index in [2.05, 4.69) is 15.2 Å². The molecule has 0 aliphatic heterocycles. The van der Waals surface area contributed by atoms with E-state index in [1.54, 1.807) is 0 Å². The Kier molecular flexibility index (Phi) is 6.82. The van der Waals surface area contributed by atoms with Crippen LogP contribution in [0.4, 0.5) is 11.4 Å². The quantitative estimate of drug-likeness (QED) is 0.368. The molecule has 1 heterocycles. The summed E-state index contributed by atoms with van der Waals surface area (Å²) in [6, 6.07) is 21.4. The minimum Gasteiger partial charge on any atom is -1.00 e. The number of hydrogen-bond acceptors (Lipinski definition) is 3. The molecule has 4 rings (SSSR count). The van der Waals surface area contributed by atoms with E-state index >= 15 is 0 Å². The van der Waals surface area contributed by atoms with Gasteiger partial charge in [0.15, 0.2) is 0 Å². The van der Waals surface area contributed by atoms with E-state index in [9.17, 15) is 9.59 Å². The van der Waals surface area contributed by atoms with Gasteiger partial charge in [-0.25, -0.2) is 4.98 Å². The molecule has 7 heteroatoms.